The maximum atomic E-state index is 11.9. The molecule has 20 heavy (non-hydrogen) atoms. The van der Waals surface area contributed by atoms with Crippen LogP contribution in [0.4, 0.5) is 5.69 Å². The number of halogens is 3. The molecule has 0 heterocycles. The van der Waals surface area contributed by atoms with Crippen LogP contribution in [-0.2, 0) is 4.79 Å². The molecule has 0 aliphatic heterocycles. The van der Waals surface area contributed by atoms with Crippen LogP contribution >= 0.6 is 34.8 Å². The summed E-state index contributed by atoms with van der Waals surface area (Å²) in [5.41, 5.74) is 0.353. The van der Waals surface area contributed by atoms with E-state index in [0.717, 1.165) is 0 Å². The quantitative estimate of drug-likeness (QED) is 0.836. The summed E-state index contributed by atoms with van der Waals surface area (Å²) in [6.07, 6.45) is 0.215. The Kier molecular flexibility index (Phi) is 7.06. The predicted molar refractivity (Wildman–Crippen MR) is 83.9 cm³/mol. The van der Waals surface area contributed by atoms with Gasteiger partial charge in [-0.25, -0.2) is 0 Å². The number of amides is 1. The molecule has 0 bridgehead atoms. The summed E-state index contributed by atoms with van der Waals surface area (Å²) >= 11 is 17.8. The van der Waals surface area contributed by atoms with Crippen molar-refractivity contribution in [2.45, 2.75) is 19.4 Å². The summed E-state index contributed by atoms with van der Waals surface area (Å²) in [5.74, 6) is -0.232. The van der Waals surface area contributed by atoms with Crippen LogP contribution in [0.5, 0.6) is 0 Å². The Balaban J connectivity index is 2.59. The summed E-state index contributed by atoms with van der Waals surface area (Å²) < 4.78 is 0. The molecule has 4 nitrogen and oxygen atoms in total. The van der Waals surface area contributed by atoms with E-state index in [1.807, 2.05) is 0 Å². The van der Waals surface area contributed by atoms with Crippen LogP contribution < -0.4 is 5.32 Å². The van der Waals surface area contributed by atoms with E-state index in [-0.39, 0.29) is 18.6 Å². The average molecular weight is 340 g/mol. The van der Waals surface area contributed by atoms with E-state index in [9.17, 15) is 9.90 Å². The van der Waals surface area contributed by atoms with Gasteiger partial charge in [-0.05, 0) is 32.5 Å². The monoisotopic (exact) mass is 338 g/mol. The largest absolute Gasteiger partial charge is 0.393 e. The summed E-state index contributed by atoms with van der Waals surface area (Å²) in [6.45, 7) is 2.51. The fraction of sp³-hybridized carbons (Fsp3) is 0.462. The molecular formula is C13H17Cl3N2O2. The lowest BCUT2D eigenvalue weighted by atomic mass is 10.2. The van der Waals surface area contributed by atoms with Crippen LogP contribution in [0.1, 0.15) is 13.3 Å². The van der Waals surface area contributed by atoms with Gasteiger partial charge in [0, 0.05) is 11.6 Å². The number of nitrogens with zero attached hydrogens (tertiary/aromatic N) is 1. The van der Waals surface area contributed by atoms with Crippen molar-refractivity contribution in [1.82, 2.24) is 4.90 Å². The minimum Gasteiger partial charge on any atom is -0.393 e. The molecule has 1 aromatic carbocycles. The summed E-state index contributed by atoms with van der Waals surface area (Å²) in [6, 6.07) is 3.03. The number of carbonyl (C=O) groups excluding carboxylic acids is 1. The van der Waals surface area contributed by atoms with E-state index >= 15 is 0 Å². The first kappa shape index (κ1) is 17.5. The molecule has 0 spiro atoms. The van der Waals surface area contributed by atoms with E-state index in [0.29, 0.717) is 33.7 Å². The highest BCUT2D eigenvalue weighted by atomic mass is 35.5. The Labute approximate surface area is 133 Å². The van der Waals surface area contributed by atoms with Gasteiger partial charge in [0.1, 0.15) is 0 Å². The lowest BCUT2D eigenvalue weighted by Crippen LogP contribution is -2.32. The van der Waals surface area contributed by atoms with Crippen molar-refractivity contribution in [3.63, 3.8) is 0 Å². The first-order valence-electron chi connectivity index (χ1n) is 6.10. The number of benzene rings is 1. The van der Waals surface area contributed by atoms with Crippen molar-refractivity contribution in [2.24, 2.45) is 0 Å². The number of hydrogen-bond acceptors (Lipinski definition) is 3. The molecular weight excluding hydrogens is 323 g/mol. The number of hydrogen-bond donors (Lipinski definition) is 2. The van der Waals surface area contributed by atoms with Crippen molar-refractivity contribution < 1.29 is 9.90 Å². The van der Waals surface area contributed by atoms with Gasteiger partial charge in [0.15, 0.2) is 0 Å². The van der Waals surface area contributed by atoms with Gasteiger partial charge < -0.3 is 10.4 Å². The minimum atomic E-state index is -0.388. The van der Waals surface area contributed by atoms with Gasteiger partial charge in [0.25, 0.3) is 0 Å². The van der Waals surface area contributed by atoms with Crippen LogP contribution in [-0.4, -0.2) is 42.2 Å². The number of rotatable bonds is 6. The first-order chi connectivity index (χ1) is 9.29. The van der Waals surface area contributed by atoms with Crippen LogP contribution in [0.25, 0.3) is 0 Å². The molecule has 0 saturated carbocycles. The lowest BCUT2D eigenvalue weighted by Gasteiger charge is -2.17. The summed E-state index contributed by atoms with van der Waals surface area (Å²) in [7, 11) is 1.80. The van der Waals surface area contributed by atoms with Crippen molar-refractivity contribution in [1.29, 1.82) is 0 Å². The van der Waals surface area contributed by atoms with E-state index in [1.165, 1.54) is 12.1 Å². The van der Waals surface area contributed by atoms with Gasteiger partial charge in [-0.3, -0.25) is 9.69 Å². The van der Waals surface area contributed by atoms with Crippen LogP contribution in [0.15, 0.2) is 12.1 Å². The van der Waals surface area contributed by atoms with Gasteiger partial charge in [-0.1, -0.05) is 34.8 Å². The Morgan fingerprint density at radius 2 is 1.90 bits per heavy atom. The van der Waals surface area contributed by atoms with Crippen molar-refractivity contribution in [3.05, 3.63) is 27.2 Å². The zero-order valence-electron chi connectivity index (χ0n) is 11.3. The molecule has 0 saturated heterocycles. The van der Waals surface area contributed by atoms with E-state index in [4.69, 9.17) is 34.8 Å². The molecule has 0 aliphatic carbocycles. The molecule has 0 radical (unpaired) electrons. The normalized spacial score (nSPS) is 12.6. The molecule has 2 N–H and O–H groups in total. The molecule has 1 unspecified atom stereocenters. The number of nitrogens with one attached hydrogen (secondary N) is 1. The molecule has 1 rings (SSSR count). The Morgan fingerprint density at radius 1 is 1.35 bits per heavy atom. The van der Waals surface area contributed by atoms with E-state index in [2.05, 4.69) is 5.32 Å². The van der Waals surface area contributed by atoms with Crippen LogP contribution in [0, 0.1) is 0 Å². The topological polar surface area (TPSA) is 52.6 Å². The molecule has 7 heteroatoms. The fourth-order valence-electron chi connectivity index (χ4n) is 1.57. The predicted octanol–water partition coefficient (Wildman–Crippen LogP) is 3.29. The zero-order chi connectivity index (χ0) is 15.3. The molecule has 0 aromatic heterocycles. The molecule has 1 atom stereocenters. The highest BCUT2D eigenvalue weighted by Crippen LogP contribution is 2.33. The molecule has 1 amide bonds. The first-order valence-corrected chi connectivity index (χ1v) is 7.24. The van der Waals surface area contributed by atoms with Crippen LogP contribution in [0.2, 0.25) is 15.1 Å². The number of likely N-dealkylation sites (N-methyl/N-ethyl adjacent to an activating group) is 1. The van der Waals surface area contributed by atoms with Crippen molar-refractivity contribution in [3.8, 4) is 0 Å². The smallest absolute Gasteiger partial charge is 0.238 e. The third-order valence-electron chi connectivity index (χ3n) is 2.61. The average Bonchev–Trinajstić information content (AvgIpc) is 2.31. The summed E-state index contributed by atoms with van der Waals surface area (Å²) in [5, 5.41) is 12.9. The maximum Gasteiger partial charge on any atom is 0.238 e. The Hall–Kier alpha value is -0.520. The summed E-state index contributed by atoms with van der Waals surface area (Å²) in [4.78, 5) is 13.7. The standard InChI is InChI=1S/C13H17Cl3N2O2/c1-8(19)3-4-18(2)7-12(20)17-13-10(15)5-9(14)6-11(13)16/h5-6,8,19H,3-4,7H2,1-2H3,(H,17,20). The number of aliphatic hydroxyl groups excluding tert-OH is 1. The molecule has 1 aromatic rings. The van der Waals surface area contributed by atoms with Gasteiger partial charge in [-0.2, -0.15) is 0 Å². The third kappa shape index (κ3) is 5.85. The lowest BCUT2D eigenvalue weighted by molar-refractivity contribution is -0.117. The second-order valence-electron chi connectivity index (χ2n) is 4.67. The van der Waals surface area contributed by atoms with Gasteiger partial charge in [0.2, 0.25) is 5.91 Å². The third-order valence-corrected chi connectivity index (χ3v) is 3.43. The van der Waals surface area contributed by atoms with Crippen LogP contribution in [0.3, 0.4) is 0 Å². The van der Waals surface area contributed by atoms with Crippen molar-refractivity contribution in [2.75, 3.05) is 25.5 Å². The SMILES string of the molecule is CC(O)CCN(C)CC(=O)Nc1c(Cl)cc(Cl)cc1Cl. The van der Waals surface area contributed by atoms with Crippen molar-refractivity contribution >= 4 is 46.4 Å². The van der Waals surface area contributed by atoms with Gasteiger partial charge in [-0.15, -0.1) is 0 Å². The van der Waals surface area contributed by atoms with Gasteiger partial charge >= 0.3 is 0 Å². The Morgan fingerprint density at radius 3 is 2.40 bits per heavy atom. The number of carbonyl (C=O) groups is 1. The van der Waals surface area contributed by atoms with E-state index < -0.39 is 0 Å². The second-order valence-corrected chi connectivity index (χ2v) is 5.92. The number of anilines is 1. The molecule has 0 aliphatic rings. The second kappa shape index (κ2) is 8.05. The molecule has 0 fully saturated rings. The highest BCUT2D eigenvalue weighted by Gasteiger charge is 2.13. The highest BCUT2D eigenvalue weighted by molar-refractivity contribution is 6.42. The molecule has 112 valence electrons. The van der Waals surface area contributed by atoms with Gasteiger partial charge in [0.05, 0.1) is 28.4 Å². The zero-order valence-corrected chi connectivity index (χ0v) is 13.6. The minimum absolute atomic E-state index is 0.183. The van der Waals surface area contributed by atoms with E-state index in [1.54, 1.807) is 18.9 Å². The Bertz CT molecular complexity index is 458. The maximum absolute atomic E-state index is 11.9. The number of aliphatic hydroxyl groups is 1. The fourth-order valence-corrected chi connectivity index (χ4v) is 2.48.